The van der Waals surface area contributed by atoms with Gasteiger partial charge in [-0.1, -0.05) is 129 Å². The van der Waals surface area contributed by atoms with Gasteiger partial charge in [-0.3, -0.25) is 14.1 Å². The quantitative estimate of drug-likeness (QED) is 0.0348. The van der Waals surface area contributed by atoms with Gasteiger partial charge in [-0.15, -0.1) is 0 Å². The molecule has 8 nitrogen and oxygen atoms in total. The molecular weight excluding hydrogens is 567 g/mol. The van der Waals surface area contributed by atoms with E-state index in [2.05, 4.69) is 49.6 Å². The Balaban J connectivity index is 4.05. The van der Waals surface area contributed by atoms with E-state index >= 15 is 0 Å². The summed E-state index contributed by atoms with van der Waals surface area (Å²) in [6.45, 7) is 5.88. The number of hydrogen-bond acceptors (Lipinski definition) is 6. The van der Waals surface area contributed by atoms with Crippen molar-refractivity contribution in [3.8, 4) is 0 Å². The minimum atomic E-state index is -4.75. The van der Waals surface area contributed by atoms with Crippen LogP contribution in [0.25, 0.3) is 0 Å². The number of unbranched alkanes of at least 4 members (excludes halogenated alkanes) is 15. The maximum atomic E-state index is 12.3. The summed E-state index contributed by atoms with van der Waals surface area (Å²) in [4.78, 5) is 42.5. The molecule has 0 rings (SSSR count). The lowest BCUT2D eigenvalue weighted by Crippen LogP contribution is -2.29. The number of hydrogen-bond donors (Lipinski definition) is 2. The van der Waals surface area contributed by atoms with Crippen molar-refractivity contribution in [1.82, 2.24) is 0 Å². The summed E-state index contributed by atoms with van der Waals surface area (Å²) < 4.78 is 26.2. The minimum Gasteiger partial charge on any atom is -0.462 e. The maximum absolute atomic E-state index is 12.3. The first-order valence-corrected chi connectivity index (χ1v) is 18.5. The molecule has 0 saturated carbocycles. The second kappa shape index (κ2) is 29.3. The Morgan fingerprint density at radius 2 is 1.16 bits per heavy atom. The lowest BCUT2D eigenvalue weighted by Gasteiger charge is -2.18. The van der Waals surface area contributed by atoms with Crippen molar-refractivity contribution in [2.45, 2.75) is 162 Å². The topological polar surface area (TPSA) is 119 Å². The summed E-state index contributed by atoms with van der Waals surface area (Å²) in [6, 6.07) is 0. The van der Waals surface area contributed by atoms with Crippen molar-refractivity contribution in [2.75, 3.05) is 13.2 Å². The summed E-state index contributed by atoms with van der Waals surface area (Å²) >= 11 is 0. The van der Waals surface area contributed by atoms with E-state index in [1.54, 1.807) is 0 Å². The third-order valence-corrected chi connectivity index (χ3v) is 7.66. The lowest BCUT2D eigenvalue weighted by atomic mass is 10.0. The Labute approximate surface area is 262 Å². The Kier molecular flexibility index (Phi) is 28.3. The molecule has 43 heavy (non-hydrogen) atoms. The van der Waals surface area contributed by atoms with Gasteiger partial charge >= 0.3 is 19.8 Å². The largest absolute Gasteiger partial charge is 0.469 e. The van der Waals surface area contributed by atoms with Gasteiger partial charge in [0.05, 0.1) is 6.61 Å². The molecule has 0 aliphatic rings. The molecule has 2 N–H and O–H groups in total. The molecule has 1 atom stereocenters. The zero-order valence-corrected chi connectivity index (χ0v) is 28.4. The molecule has 0 heterocycles. The number of ether oxygens (including phenoxy) is 2. The minimum absolute atomic E-state index is 0.195. The highest BCUT2D eigenvalue weighted by Crippen LogP contribution is 2.36. The van der Waals surface area contributed by atoms with Crippen molar-refractivity contribution in [2.24, 2.45) is 5.92 Å². The van der Waals surface area contributed by atoms with Crippen LogP contribution in [0.5, 0.6) is 0 Å². The number of phosphoric ester groups is 1. The highest BCUT2D eigenvalue weighted by molar-refractivity contribution is 7.46. The molecule has 0 saturated heterocycles. The smallest absolute Gasteiger partial charge is 0.462 e. The first kappa shape index (κ1) is 41.5. The molecule has 0 fully saturated rings. The predicted octanol–water partition coefficient (Wildman–Crippen LogP) is 9.53. The van der Waals surface area contributed by atoms with E-state index in [9.17, 15) is 14.2 Å². The van der Waals surface area contributed by atoms with Crippen LogP contribution in [0.3, 0.4) is 0 Å². The maximum Gasteiger partial charge on any atom is 0.469 e. The van der Waals surface area contributed by atoms with Crippen LogP contribution in [-0.4, -0.2) is 41.0 Å². The summed E-state index contributed by atoms with van der Waals surface area (Å²) in [7, 11) is -4.75. The summed E-state index contributed by atoms with van der Waals surface area (Å²) in [6.07, 6.45) is 29.2. The Hall–Kier alpha value is -1.47. The van der Waals surface area contributed by atoms with Gasteiger partial charge in [-0.2, -0.15) is 0 Å². The van der Waals surface area contributed by atoms with E-state index in [4.69, 9.17) is 19.3 Å². The van der Waals surface area contributed by atoms with Gasteiger partial charge in [0, 0.05) is 12.8 Å². The zero-order valence-electron chi connectivity index (χ0n) is 27.5. The van der Waals surface area contributed by atoms with Crippen LogP contribution in [0.15, 0.2) is 24.3 Å². The molecule has 0 aliphatic carbocycles. The molecule has 252 valence electrons. The van der Waals surface area contributed by atoms with E-state index in [0.717, 1.165) is 63.7 Å². The summed E-state index contributed by atoms with van der Waals surface area (Å²) in [5.41, 5.74) is 0. The molecule has 0 radical (unpaired) electrons. The monoisotopic (exact) mass is 630 g/mol. The average Bonchev–Trinajstić information content (AvgIpc) is 2.95. The van der Waals surface area contributed by atoms with Crippen molar-refractivity contribution >= 4 is 19.8 Å². The average molecular weight is 631 g/mol. The highest BCUT2D eigenvalue weighted by Gasteiger charge is 2.22. The fourth-order valence-corrected chi connectivity index (χ4v) is 4.97. The number of allylic oxidation sites excluding steroid dienone is 4. The van der Waals surface area contributed by atoms with Crippen molar-refractivity contribution in [3.63, 3.8) is 0 Å². The van der Waals surface area contributed by atoms with E-state index in [0.29, 0.717) is 6.42 Å². The van der Waals surface area contributed by atoms with Gasteiger partial charge in [0.1, 0.15) is 6.61 Å². The zero-order chi connectivity index (χ0) is 32.0. The Morgan fingerprint density at radius 1 is 0.674 bits per heavy atom. The number of esters is 2. The van der Waals surface area contributed by atoms with E-state index in [1.165, 1.54) is 57.8 Å². The Bertz CT molecular complexity index is 774. The highest BCUT2D eigenvalue weighted by atomic mass is 31.2. The van der Waals surface area contributed by atoms with Gasteiger partial charge < -0.3 is 19.3 Å². The number of carbonyl (C=O) groups is 2. The van der Waals surface area contributed by atoms with Gasteiger partial charge in [0.15, 0.2) is 6.10 Å². The van der Waals surface area contributed by atoms with E-state index < -0.39 is 32.5 Å². The number of rotatable bonds is 30. The second-order valence-corrected chi connectivity index (χ2v) is 13.2. The van der Waals surface area contributed by atoms with Crippen LogP contribution in [-0.2, 0) is 28.2 Å². The van der Waals surface area contributed by atoms with Crippen LogP contribution in [0, 0.1) is 5.92 Å². The molecule has 0 aliphatic heterocycles. The fourth-order valence-electron chi connectivity index (χ4n) is 4.61. The van der Waals surface area contributed by atoms with E-state index in [1.807, 2.05) is 0 Å². The van der Waals surface area contributed by atoms with Gasteiger partial charge in [-0.05, 0) is 44.4 Å². The fraction of sp³-hybridized carbons (Fsp3) is 0.824. The second-order valence-electron chi connectivity index (χ2n) is 12.0. The first-order chi connectivity index (χ1) is 20.6. The predicted molar refractivity (Wildman–Crippen MR) is 175 cm³/mol. The lowest BCUT2D eigenvalue weighted by molar-refractivity contribution is -0.161. The van der Waals surface area contributed by atoms with Crippen LogP contribution < -0.4 is 0 Å². The third kappa shape index (κ3) is 33.3. The van der Waals surface area contributed by atoms with Gasteiger partial charge in [0.25, 0.3) is 0 Å². The molecule has 0 aromatic rings. The van der Waals surface area contributed by atoms with Crippen LogP contribution >= 0.6 is 7.82 Å². The molecule has 0 unspecified atom stereocenters. The van der Waals surface area contributed by atoms with Crippen LogP contribution in [0.4, 0.5) is 0 Å². The van der Waals surface area contributed by atoms with Gasteiger partial charge in [0.2, 0.25) is 0 Å². The standard InChI is InChI=1S/C34H63O8P/c1-4-5-6-7-8-9-10-11-12-13-14-15-18-22-25-28-34(36)42-32(30-41-43(37,38)39)29-40-33(35)27-24-21-19-16-17-20-23-26-31(2)3/h9-12,31-32H,4-8,13-30H2,1-3H3,(H2,37,38,39)/b10-9-,12-11-/t32-/m1/s1. The van der Waals surface area contributed by atoms with Crippen molar-refractivity contribution in [1.29, 1.82) is 0 Å². The molecule has 9 heteroatoms. The molecule has 0 aromatic heterocycles. The third-order valence-electron chi connectivity index (χ3n) is 7.18. The van der Waals surface area contributed by atoms with Crippen LogP contribution in [0.1, 0.15) is 156 Å². The number of carbonyl (C=O) groups excluding carboxylic acids is 2. The van der Waals surface area contributed by atoms with Crippen molar-refractivity contribution < 1.29 is 37.9 Å². The number of phosphoric acid groups is 1. The first-order valence-electron chi connectivity index (χ1n) is 17.0. The molecular formula is C34H63O8P. The molecule has 0 spiro atoms. The molecule has 0 amide bonds. The van der Waals surface area contributed by atoms with Gasteiger partial charge in [-0.25, -0.2) is 4.57 Å². The molecule has 0 bridgehead atoms. The normalized spacial score (nSPS) is 12.9. The summed E-state index contributed by atoms with van der Waals surface area (Å²) in [5.74, 6) is -0.150. The van der Waals surface area contributed by atoms with E-state index in [-0.39, 0.29) is 19.4 Å². The SMILES string of the molecule is CCCCCC/C=C\C=C/CCCCCCCC(=O)O[C@H](COC(=O)CCCCCCCCCC(C)C)COP(=O)(O)O. The Morgan fingerprint density at radius 3 is 1.70 bits per heavy atom. The van der Waals surface area contributed by atoms with Crippen LogP contribution in [0.2, 0.25) is 0 Å². The molecule has 0 aromatic carbocycles. The summed E-state index contributed by atoms with van der Waals surface area (Å²) in [5, 5.41) is 0. The van der Waals surface area contributed by atoms with Crippen molar-refractivity contribution in [3.05, 3.63) is 24.3 Å².